The molecule has 1 atom stereocenters. The molecular formula is C22H26FN3O6S. The van der Waals surface area contributed by atoms with Crippen molar-refractivity contribution in [3.05, 3.63) is 59.4 Å². The van der Waals surface area contributed by atoms with Crippen LogP contribution >= 0.6 is 0 Å². The van der Waals surface area contributed by atoms with Crippen LogP contribution in [0.5, 0.6) is 11.5 Å². The van der Waals surface area contributed by atoms with Crippen molar-refractivity contribution in [2.24, 2.45) is 0 Å². The molecule has 0 saturated carbocycles. The molecule has 1 N–H and O–H groups in total. The summed E-state index contributed by atoms with van der Waals surface area (Å²) in [6.07, 6.45) is 0.992. The minimum atomic E-state index is -3.59. The van der Waals surface area contributed by atoms with Gasteiger partial charge < -0.3 is 19.7 Å². The van der Waals surface area contributed by atoms with Gasteiger partial charge in [0.25, 0.3) is 0 Å². The van der Waals surface area contributed by atoms with Crippen LogP contribution in [0.15, 0.2) is 42.5 Å². The zero-order chi connectivity index (χ0) is 24.2. The average Bonchev–Trinajstić information content (AvgIpc) is 3.23. The lowest BCUT2D eigenvalue weighted by molar-refractivity contribution is -0.140. The number of rotatable bonds is 9. The Hall–Kier alpha value is -3.18. The second kappa shape index (κ2) is 10.2. The summed E-state index contributed by atoms with van der Waals surface area (Å²) in [6, 6.07) is 9.91. The number of carbonyl (C=O) groups excluding carboxylic acids is 2. The fourth-order valence-electron chi connectivity index (χ4n) is 3.16. The number of carbonyl (C=O) groups is 2. The molecule has 1 aliphatic heterocycles. The highest BCUT2D eigenvalue weighted by Crippen LogP contribution is 2.32. The van der Waals surface area contributed by atoms with Gasteiger partial charge in [-0.05, 0) is 42.3 Å². The molecule has 1 heterocycles. The number of ether oxygens (including phenoxy) is 2. The molecule has 178 valence electrons. The third-order valence-electron chi connectivity index (χ3n) is 5.26. The first kappa shape index (κ1) is 24.5. The number of nitrogens with one attached hydrogen (secondary N) is 1. The number of nitrogens with zero attached hydrogens (tertiary/aromatic N) is 2. The second-order valence-electron chi connectivity index (χ2n) is 7.75. The van der Waals surface area contributed by atoms with E-state index < -0.39 is 40.2 Å². The van der Waals surface area contributed by atoms with E-state index in [9.17, 15) is 22.4 Å². The Morgan fingerprint density at radius 1 is 1.09 bits per heavy atom. The van der Waals surface area contributed by atoms with Crippen molar-refractivity contribution in [1.29, 1.82) is 0 Å². The standard InChI is InChI=1S/C22H26FN3O6S/c1-15(22(28)24-11-17-6-9-19-20(10-17)32-14-31-19)26(12-16-4-7-18(23)8-5-16)21(27)13-25(2)33(3,29)30/h4-10,15H,11-14H2,1-3H3,(H,24,28). The maximum Gasteiger partial charge on any atom is 0.242 e. The molecule has 1 unspecified atom stereocenters. The fourth-order valence-corrected chi connectivity index (χ4v) is 3.50. The number of halogens is 1. The van der Waals surface area contributed by atoms with Crippen LogP contribution in [0.1, 0.15) is 18.1 Å². The fraction of sp³-hybridized carbons (Fsp3) is 0.364. The number of likely N-dealkylation sites (N-methyl/N-ethyl adjacent to an activating group) is 1. The third-order valence-corrected chi connectivity index (χ3v) is 6.52. The van der Waals surface area contributed by atoms with Gasteiger partial charge in [0.2, 0.25) is 28.6 Å². The summed E-state index contributed by atoms with van der Waals surface area (Å²) < 4.78 is 48.3. The normalized spacial score (nSPS) is 13.6. The Labute approximate surface area is 192 Å². The summed E-state index contributed by atoms with van der Waals surface area (Å²) in [5.74, 6) is -0.192. The van der Waals surface area contributed by atoms with Crippen LogP contribution in [0.2, 0.25) is 0 Å². The summed E-state index contributed by atoms with van der Waals surface area (Å²) in [4.78, 5) is 27.1. The molecular weight excluding hydrogens is 453 g/mol. The van der Waals surface area contributed by atoms with E-state index in [0.29, 0.717) is 17.1 Å². The Balaban J connectivity index is 1.72. The average molecular weight is 480 g/mol. The molecule has 2 aromatic rings. The molecule has 0 aliphatic carbocycles. The van der Waals surface area contributed by atoms with Crippen molar-refractivity contribution in [2.75, 3.05) is 26.6 Å². The van der Waals surface area contributed by atoms with Gasteiger partial charge in [0.05, 0.1) is 12.8 Å². The van der Waals surface area contributed by atoms with Gasteiger partial charge in [-0.15, -0.1) is 0 Å². The molecule has 0 saturated heterocycles. The largest absolute Gasteiger partial charge is 0.454 e. The van der Waals surface area contributed by atoms with Crippen LogP contribution in [-0.4, -0.2) is 62.1 Å². The SMILES string of the molecule is CC(C(=O)NCc1ccc2c(c1)OCO2)N(Cc1ccc(F)cc1)C(=O)CN(C)S(C)(=O)=O. The number of hydrogen-bond acceptors (Lipinski definition) is 6. The molecule has 0 bridgehead atoms. The Kier molecular flexibility index (Phi) is 7.54. The van der Waals surface area contributed by atoms with E-state index >= 15 is 0 Å². The van der Waals surface area contributed by atoms with E-state index in [2.05, 4.69) is 5.32 Å². The van der Waals surface area contributed by atoms with Gasteiger partial charge >= 0.3 is 0 Å². The lowest BCUT2D eigenvalue weighted by atomic mass is 10.1. The van der Waals surface area contributed by atoms with Gasteiger partial charge in [0.1, 0.15) is 11.9 Å². The molecule has 0 spiro atoms. The molecule has 1 aliphatic rings. The first-order chi connectivity index (χ1) is 15.5. The van der Waals surface area contributed by atoms with Crippen LogP contribution in [0.3, 0.4) is 0 Å². The van der Waals surface area contributed by atoms with Gasteiger partial charge in [0.15, 0.2) is 11.5 Å². The predicted molar refractivity (Wildman–Crippen MR) is 118 cm³/mol. The van der Waals surface area contributed by atoms with E-state index in [1.54, 1.807) is 25.1 Å². The Bertz CT molecular complexity index is 1120. The summed E-state index contributed by atoms with van der Waals surface area (Å²) in [5, 5.41) is 2.78. The van der Waals surface area contributed by atoms with Crippen LogP contribution in [0, 0.1) is 5.82 Å². The van der Waals surface area contributed by atoms with E-state index in [1.807, 2.05) is 0 Å². The number of amides is 2. The molecule has 2 amide bonds. The maximum atomic E-state index is 13.3. The van der Waals surface area contributed by atoms with Gasteiger partial charge in [-0.2, -0.15) is 4.31 Å². The summed E-state index contributed by atoms with van der Waals surface area (Å²) >= 11 is 0. The molecule has 3 rings (SSSR count). The van der Waals surface area contributed by atoms with Gasteiger partial charge in [-0.1, -0.05) is 18.2 Å². The lowest BCUT2D eigenvalue weighted by Crippen LogP contribution is -2.50. The second-order valence-corrected chi connectivity index (χ2v) is 9.84. The van der Waals surface area contributed by atoms with Crippen molar-refractivity contribution in [3.8, 4) is 11.5 Å². The molecule has 0 fully saturated rings. The Morgan fingerprint density at radius 2 is 1.73 bits per heavy atom. The first-order valence-corrected chi connectivity index (χ1v) is 12.0. The maximum absolute atomic E-state index is 13.3. The molecule has 2 aromatic carbocycles. The van der Waals surface area contributed by atoms with Crippen molar-refractivity contribution in [2.45, 2.75) is 26.1 Å². The van der Waals surface area contributed by atoms with E-state index in [-0.39, 0.29) is 19.9 Å². The Morgan fingerprint density at radius 3 is 2.39 bits per heavy atom. The van der Waals surface area contributed by atoms with Gasteiger partial charge in [-0.25, -0.2) is 12.8 Å². The van der Waals surface area contributed by atoms with Crippen molar-refractivity contribution in [3.63, 3.8) is 0 Å². The minimum Gasteiger partial charge on any atom is -0.454 e. The quantitative estimate of drug-likeness (QED) is 0.584. The van der Waals surface area contributed by atoms with Crippen LogP contribution in [-0.2, 0) is 32.7 Å². The van der Waals surface area contributed by atoms with Crippen molar-refractivity contribution < 1.29 is 31.9 Å². The monoisotopic (exact) mass is 479 g/mol. The summed E-state index contributed by atoms with van der Waals surface area (Å²) in [6.45, 7) is 1.47. The third kappa shape index (κ3) is 6.42. The molecule has 0 aromatic heterocycles. The number of benzene rings is 2. The van der Waals surface area contributed by atoms with Crippen molar-refractivity contribution >= 4 is 21.8 Å². The van der Waals surface area contributed by atoms with Gasteiger partial charge in [0, 0.05) is 20.1 Å². The van der Waals surface area contributed by atoms with Crippen molar-refractivity contribution in [1.82, 2.24) is 14.5 Å². The minimum absolute atomic E-state index is 0.00925. The molecule has 33 heavy (non-hydrogen) atoms. The summed E-state index contributed by atoms with van der Waals surface area (Å²) in [5.41, 5.74) is 1.38. The zero-order valence-electron chi connectivity index (χ0n) is 18.6. The van der Waals surface area contributed by atoms with Crippen LogP contribution in [0.25, 0.3) is 0 Å². The first-order valence-electron chi connectivity index (χ1n) is 10.2. The highest BCUT2D eigenvalue weighted by molar-refractivity contribution is 7.88. The smallest absolute Gasteiger partial charge is 0.242 e. The molecule has 0 radical (unpaired) electrons. The zero-order valence-corrected chi connectivity index (χ0v) is 19.4. The van der Waals surface area contributed by atoms with E-state index in [4.69, 9.17) is 9.47 Å². The number of fused-ring (bicyclic) bond motifs is 1. The van der Waals surface area contributed by atoms with E-state index in [0.717, 1.165) is 16.1 Å². The highest BCUT2D eigenvalue weighted by Gasteiger charge is 2.28. The van der Waals surface area contributed by atoms with Crippen LogP contribution < -0.4 is 14.8 Å². The highest BCUT2D eigenvalue weighted by atomic mass is 32.2. The topological polar surface area (TPSA) is 105 Å². The predicted octanol–water partition coefficient (Wildman–Crippen LogP) is 1.48. The molecule has 11 heteroatoms. The number of sulfonamides is 1. The van der Waals surface area contributed by atoms with E-state index in [1.165, 1.54) is 36.2 Å². The summed E-state index contributed by atoms with van der Waals surface area (Å²) in [7, 11) is -2.31. The number of hydrogen-bond donors (Lipinski definition) is 1. The molecule has 9 nitrogen and oxygen atoms in total. The van der Waals surface area contributed by atoms with Gasteiger partial charge in [-0.3, -0.25) is 9.59 Å². The van der Waals surface area contributed by atoms with Crippen LogP contribution in [0.4, 0.5) is 4.39 Å². The lowest BCUT2D eigenvalue weighted by Gasteiger charge is -2.30.